The van der Waals surface area contributed by atoms with E-state index in [-0.39, 0.29) is 11.8 Å². The van der Waals surface area contributed by atoms with Gasteiger partial charge in [0.2, 0.25) is 0 Å². The van der Waals surface area contributed by atoms with Gasteiger partial charge >= 0.3 is 0 Å². The van der Waals surface area contributed by atoms with Crippen LogP contribution in [0.25, 0.3) is 0 Å². The number of hydrogen-bond donors (Lipinski definition) is 1. The molecular formula is C19H17N3O. The Bertz CT molecular complexity index is 706. The van der Waals surface area contributed by atoms with E-state index in [1.165, 1.54) is 0 Å². The van der Waals surface area contributed by atoms with Crippen molar-refractivity contribution in [3.05, 3.63) is 96.1 Å². The molecule has 4 heteroatoms. The molecule has 23 heavy (non-hydrogen) atoms. The lowest BCUT2D eigenvalue weighted by molar-refractivity contribution is 0.0952. The van der Waals surface area contributed by atoms with Crippen LogP contribution in [0.1, 0.15) is 27.5 Å². The molecule has 0 aliphatic heterocycles. The highest BCUT2D eigenvalue weighted by Gasteiger charge is 2.16. The number of carbonyl (C=O) groups is 1. The predicted octanol–water partition coefficient (Wildman–Crippen LogP) is 3.04. The van der Waals surface area contributed by atoms with Crippen LogP contribution in [0.2, 0.25) is 0 Å². The molecule has 114 valence electrons. The van der Waals surface area contributed by atoms with E-state index in [9.17, 15) is 4.79 Å². The first-order chi connectivity index (χ1) is 11.3. The zero-order valence-corrected chi connectivity index (χ0v) is 12.6. The molecule has 3 rings (SSSR count). The van der Waals surface area contributed by atoms with Gasteiger partial charge in [-0.15, -0.1) is 0 Å². The Labute approximate surface area is 135 Å². The zero-order valence-electron chi connectivity index (χ0n) is 12.6. The summed E-state index contributed by atoms with van der Waals surface area (Å²) in [5, 5.41) is 2.99. The Hall–Kier alpha value is -3.01. The lowest BCUT2D eigenvalue weighted by Crippen LogP contribution is -2.29. The van der Waals surface area contributed by atoms with Gasteiger partial charge in [0.1, 0.15) is 0 Å². The molecule has 1 N–H and O–H groups in total. The van der Waals surface area contributed by atoms with Gasteiger partial charge < -0.3 is 5.32 Å². The minimum Gasteiger partial charge on any atom is -0.351 e. The van der Waals surface area contributed by atoms with Crippen LogP contribution >= 0.6 is 0 Å². The zero-order chi connectivity index (χ0) is 15.9. The Morgan fingerprint density at radius 2 is 1.65 bits per heavy atom. The van der Waals surface area contributed by atoms with Crippen LogP contribution in [-0.4, -0.2) is 22.4 Å². The molecule has 0 radical (unpaired) electrons. The lowest BCUT2D eigenvalue weighted by Gasteiger charge is -2.17. The van der Waals surface area contributed by atoms with Crippen molar-refractivity contribution in [3.8, 4) is 0 Å². The van der Waals surface area contributed by atoms with Crippen LogP contribution in [0.4, 0.5) is 0 Å². The van der Waals surface area contributed by atoms with Gasteiger partial charge in [-0.05, 0) is 29.8 Å². The third kappa shape index (κ3) is 3.80. The van der Waals surface area contributed by atoms with Crippen LogP contribution in [0.3, 0.4) is 0 Å². The highest BCUT2D eigenvalue weighted by atomic mass is 16.1. The van der Waals surface area contributed by atoms with Gasteiger partial charge in [-0.3, -0.25) is 14.8 Å². The number of aromatic nitrogens is 2. The first kappa shape index (κ1) is 14.9. The van der Waals surface area contributed by atoms with Crippen molar-refractivity contribution in [1.82, 2.24) is 15.3 Å². The van der Waals surface area contributed by atoms with Crippen molar-refractivity contribution in [2.75, 3.05) is 6.54 Å². The molecular weight excluding hydrogens is 286 g/mol. The Kier molecular flexibility index (Phi) is 4.74. The first-order valence-corrected chi connectivity index (χ1v) is 7.48. The molecule has 1 aromatic carbocycles. The van der Waals surface area contributed by atoms with Crippen molar-refractivity contribution in [2.24, 2.45) is 0 Å². The molecule has 0 saturated carbocycles. The monoisotopic (exact) mass is 303 g/mol. The molecule has 1 atom stereocenters. The molecule has 0 aliphatic rings. The number of rotatable bonds is 5. The smallest absolute Gasteiger partial charge is 0.251 e. The van der Waals surface area contributed by atoms with E-state index < -0.39 is 0 Å². The van der Waals surface area contributed by atoms with Crippen LogP contribution in [-0.2, 0) is 0 Å². The van der Waals surface area contributed by atoms with Gasteiger partial charge in [-0.25, -0.2) is 0 Å². The summed E-state index contributed by atoms with van der Waals surface area (Å²) in [5.41, 5.74) is 2.67. The van der Waals surface area contributed by atoms with Gasteiger partial charge in [0, 0.05) is 42.3 Å². The molecule has 0 saturated heterocycles. The standard InChI is InChI=1S/C19H17N3O/c23-19(16-9-12-20-13-10-16)22-14-17(15-6-2-1-3-7-15)18-8-4-5-11-21-18/h1-13,17H,14H2,(H,22,23). The third-order valence-electron chi connectivity index (χ3n) is 3.66. The second-order valence-corrected chi connectivity index (χ2v) is 5.16. The summed E-state index contributed by atoms with van der Waals surface area (Å²) >= 11 is 0. The predicted molar refractivity (Wildman–Crippen MR) is 89.1 cm³/mol. The summed E-state index contributed by atoms with van der Waals surface area (Å²) in [7, 11) is 0. The summed E-state index contributed by atoms with van der Waals surface area (Å²) in [4.78, 5) is 20.6. The molecule has 0 fully saturated rings. The highest BCUT2D eigenvalue weighted by molar-refractivity contribution is 5.94. The van der Waals surface area contributed by atoms with Crippen molar-refractivity contribution < 1.29 is 4.79 Å². The fraction of sp³-hybridized carbons (Fsp3) is 0.105. The average molecular weight is 303 g/mol. The summed E-state index contributed by atoms with van der Waals surface area (Å²) < 4.78 is 0. The minimum absolute atomic E-state index is 0.0168. The van der Waals surface area contributed by atoms with Crippen molar-refractivity contribution in [1.29, 1.82) is 0 Å². The molecule has 3 aromatic rings. The lowest BCUT2D eigenvalue weighted by atomic mass is 9.95. The molecule has 2 heterocycles. The number of nitrogens with one attached hydrogen (secondary N) is 1. The fourth-order valence-corrected chi connectivity index (χ4v) is 2.46. The number of carbonyl (C=O) groups excluding carboxylic acids is 1. The molecule has 4 nitrogen and oxygen atoms in total. The van der Waals surface area contributed by atoms with Gasteiger partial charge in [-0.1, -0.05) is 36.4 Å². The third-order valence-corrected chi connectivity index (χ3v) is 3.66. The number of pyridine rings is 2. The number of nitrogens with zero attached hydrogens (tertiary/aromatic N) is 2. The SMILES string of the molecule is O=C(NCC(c1ccccc1)c1ccccn1)c1ccncc1. The maximum Gasteiger partial charge on any atom is 0.251 e. The Balaban J connectivity index is 1.79. The van der Waals surface area contributed by atoms with Crippen LogP contribution in [0.5, 0.6) is 0 Å². The van der Waals surface area contributed by atoms with E-state index in [0.717, 1.165) is 11.3 Å². The summed E-state index contributed by atoms with van der Waals surface area (Å²) in [5.74, 6) is -0.0903. The van der Waals surface area contributed by atoms with E-state index in [0.29, 0.717) is 12.1 Å². The van der Waals surface area contributed by atoms with E-state index in [4.69, 9.17) is 0 Å². The quantitative estimate of drug-likeness (QED) is 0.788. The van der Waals surface area contributed by atoms with Gasteiger partial charge in [0.05, 0.1) is 0 Å². The number of amides is 1. The molecule has 1 unspecified atom stereocenters. The van der Waals surface area contributed by atoms with Crippen molar-refractivity contribution in [3.63, 3.8) is 0 Å². The number of hydrogen-bond acceptors (Lipinski definition) is 3. The summed E-state index contributed by atoms with van der Waals surface area (Å²) in [6.45, 7) is 0.488. The molecule has 2 aromatic heterocycles. The van der Waals surface area contributed by atoms with Gasteiger partial charge in [-0.2, -0.15) is 0 Å². The van der Waals surface area contributed by atoms with Crippen LogP contribution in [0.15, 0.2) is 79.3 Å². The molecule has 0 bridgehead atoms. The fourth-order valence-electron chi connectivity index (χ4n) is 2.46. The van der Waals surface area contributed by atoms with E-state index in [2.05, 4.69) is 27.4 Å². The molecule has 0 aliphatic carbocycles. The maximum absolute atomic E-state index is 12.3. The molecule has 1 amide bonds. The minimum atomic E-state index is -0.107. The van der Waals surface area contributed by atoms with E-state index in [1.54, 1.807) is 30.7 Å². The largest absolute Gasteiger partial charge is 0.351 e. The average Bonchev–Trinajstić information content (AvgIpc) is 2.64. The maximum atomic E-state index is 12.3. The number of benzene rings is 1. The Morgan fingerprint density at radius 3 is 2.35 bits per heavy atom. The first-order valence-electron chi connectivity index (χ1n) is 7.48. The highest BCUT2D eigenvalue weighted by Crippen LogP contribution is 2.22. The normalized spacial score (nSPS) is 11.7. The second-order valence-electron chi connectivity index (χ2n) is 5.16. The van der Waals surface area contributed by atoms with E-state index >= 15 is 0 Å². The summed E-state index contributed by atoms with van der Waals surface area (Å²) in [6.07, 6.45) is 5.00. The topological polar surface area (TPSA) is 54.9 Å². The van der Waals surface area contributed by atoms with E-state index in [1.807, 2.05) is 36.4 Å². The summed E-state index contributed by atoms with van der Waals surface area (Å²) in [6, 6.07) is 19.3. The van der Waals surface area contributed by atoms with Gasteiger partial charge in [0.15, 0.2) is 0 Å². The van der Waals surface area contributed by atoms with Crippen molar-refractivity contribution >= 4 is 5.91 Å². The van der Waals surface area contributed by atoms with Crippen LogP contribution < -0.4 is 5.32 Å². The van der Waals surface area contributed by atoms with Gasteiger partial charge in [0.25, 0.3) is 5.91 Å². The van der Waals surface area contributed by atoms with Crippen LogP contribution in [0, 0.1) is 0 Å². The van der Waals surface area contributed by atoms with Crippen molar-refractivity contribution in [2.45, 2.75) is 5.92 Å². The Morgan fingerprint density at radius 1 is 0.913 bits per heavy atom. The second kappa shape index (κ2) is 7.31. The molecule has 0 spiro atoms.